The molecule has 1 aromatic carbocycles. The van der Waals surface area contributed by atoms with Gasteiger partial charge in [0.1, 0.15) is 0 Å². The SMILES string of the molecule is c1cc(NC2CCCOCC2)c2cnccc2c1. The van der Waals surface area contributed by atoms with Crippen LogP contribution in [0.4, 0.5) is 5.69 Å². The average molecular weight is 242 g/mol. The molecule has 1 atom stereocenters. The molecule has 0 radical (unpaired) electrons. The molecule has 1 fully saturated rings. The average Bonchev–Trinajstić information content (AvgIpc) is 2.68. The third-order valence-electron chi connectivity index (χ3n) is 3.50. The van der Waals surface area contributed by atoms with Gasteiger partial charge in [-0.1, -0.05) is 12.1 Å². The molecular formula is C15H18N2O. The lowest BCUT2D eigenvalue weighted by Gasteiger charge is -2.18. The molecule has 2 heterocycles. The molecule has 1 N–H and O–H groups in total. The number of nitrogens with zero attached hydrogens (tertiary/aromatic N) is 1. The van der Waals surface area contributed by atoms with Crippen molar-refractivity contribution >= 4 is 16.5 Å². The quantitative estimate of drug-likeness (QED) is 0.878. The fourth-order valence-electron chi connectivity index (χ4n) is 2.51. The Morgan fingerprint density at radius 2 is 2.17 bits per heavy atom. The van der Waals surface area contributed by atoms with Crippen LogP contribution in [0.2, 0.25) is 0 Å². The fourth-order valence-corrected chi connectivity index (χ4v) is 2.51. The Bertz CT molecular complexity index is 513. The molecule has 0 aliphatic carbocycles. The van der Waals surface area contributed by atoms with Gasteiger partial charge in [-0.3, -0.25) is 4.98 Å². The molecule has 3 rings (SSSR count). The number of nitrogens with one attached hydrogen (secondary N) is 1. The van der Waals surface area contributed by atoms with Crippen LogP contribution in [0.15, 0.2) is 36.7 Å². The Hall–Kier alpha value is -1.61. The first-order chi connectivity index (χ1) is 8.93. The lowest BCUT2D eigenvalue weighted by atomic mass is 10.1. The fraction of sp³-hybridized carbons (Fsp3) is 0.400. The first kappa shape index (κ1) is 11.5. The van der Waals surface area contributed by atoms with E-state index in [1.165, 1.54) is 22.9 Å². The number of pyridine rings is 1. The summed E-state index contributed by atoms with van der Waals surface area (Å²) in [5, 5.41) is 6.08. The molecule has 1 saturated heterocycles. The van der Waals surface area contributed by atoms with Crippen molar-refractivity contribution in [3.05, 3.63) is 36.7 Å². The zero-order valence-corrected chi connectivity index (χ0v) is 10.4. The normalized spacial score (nSPS) is 20.6. The van der Waals surface area contributed by atoms with E-state index in [1.807, 2.05) is 12.4 Å². The number of hydrogen-bond donors (Lipinski definition) is 1. The van der Waals surface area contributed by atoms with Crippen molar-refractivity contribution in [2.45, 2.75) is 25.3 Å². The molecule has 0 bridgehead atoms. The van der Waals surface area contributed by atoms with Crippen molar-refractivity contribution in [1.82, 2.24) is 4.98 Å². The summed E-state index contributed by atoms with van der Waals surface area (Å²) in [6, 6.07) is 8.92. The minimum atomic E-state index is 0.512. The zero-order valence-electron chi connectivity index (χ0n) is 10.4. The predicted octanol–water partition coefficient (Wildman–Crippen LogP) is 3.22. The maximum Gasteiger partial charge on any atom is 0.0485 e. The van der Waals surface area contributed by atoms with Crippen LogP contribution >= 0.6 is 0 Å². The van der Waals surface area contributed by atoms with Crippen molar-refractivity contribution in [1.29, 1.82) is 0 Å². The second-order valence-corrected chi connectivity index (χ2v) is 4.79. The Labute approximate surface area is 107 Å². The van der Waals surface area contributed by atoms with Crippen LogP contribution < -0.4 is 5.32 Å². The van der Waals surface area contributed by atoms with Crippen molar-refractivity contribution in [3.63, 3.8) is 0 Å². The van der Waals surface area contributed by atoms with Crippen LogP contribution in [0, 0.1) is 0 Å². The number of fused-ring (bicyclic) bond motifs is 1. The van der Waals surface area contributed by atoms with E-state index in [-0.39, 0.29) is 0 Å². The van der Waals surface area contributed by atoms with Gasteiger partial charge in [0, 0.05) is 42.7 Å². The number of ether oxygens (including phenoxy) is 1. The van der Waals surface area contributed by atoms with Crippen molar-refractivity contribution in [3.8, 4) is 0 Å². The molecule has 0 amide bonds. The van der Waals surface area contributed by atoms with Crippen molar-refractivity contribution in [2.75, 3.05) is 18.5 Å². The van der Waals surface area contributed by atoms with Crippen molar-refractivity contribution in [2.24, 2.45) is 0 Å². The summed E-state index contributed by atoms with van der Waals surface area (Å²) >= 11 is 0. The molecule has 2 aromatic rings. The second kappa shape index (κ2) is 5.36. The number of hydrogen-bond acceptors (Lipinski definition) is 3. The van der Waals surface area contributed by atoms with Crippen LogP contribution in [0.5, 0.6) is 0 Å². The number of benzene rings is 1. The van der Waals surface area contributed by atoms with Crippen LogP contribution in [-0.2, 0) is 4.74 Å². The minimum Gasteiger partial charge on any atom is -0.382 e. The molecular weight excluding hydrogens is 224 g/mol. The van der Waals surface area contributed by atoms with E-state index in [2.05, 4.69) is 34.6 Å². The molecule has 3 heteroatoms. The molecule has 0 saturated carbocycles. The topological polar surface area (TPSA) is 34.1 Å². The van der Waals surface area contributed by atoms with Gasteiger partial charge in [-0.25, -0.2) is 0 Å². The Morgan fingerprint density at radius 3 is 3.17 bits per heavy atom. The largest absolute Gasteiger partial charge is 0.382 e. The lowest BCUT2D eigenvalue weighted by Crippen LogP contribution is -2.19. The third-order valence-corrected chi connectivity index (χ3v) is 3.50. The summed E-state index contributed by atoms with van der Waals surface area (Å²) in [6.45, 7) is 1.76. The molecule has 18 heavy (non-hydrogen) atoms. The van der Waals surface area contributed by atoms with Gasteiger partial charge in [-0.05, 0) is 36.8 Å². The summed E-state index contributed by atoms with van der Waals surface area (Å²) in [7, 11) is 0. The molecule has 1 unspecified atom stereocenters. The van der Waals surface area contributed by atoms with E-state index in [4.69, 9.17) is 4.74 Å². The Morgan fingerprint density at radius 1 is 1.17 bits per heavy atom. The van der Waals surface area contributed by atoms with Gasteiger partial charge in [0.05, 0.1) is 0 Å². The molecule has 1 aliphatic rings. The standard InChI is InChI=1S/C15H18N2O/c1-3-12-6-8-16-11-14(12)15(5-1)17-13-4-2-9-18-10-7-13/h1,3,5-6,8,11,13,17H,2,4,7,9-10H2. The first-order valence-corrected chi connectivity index (χ1v) is 6.60. The second-order valence-electron chi connectivity index (χ2n) is 4.79. The third kappa shape index (κ3) is 2.46. The smallest absolute Gasteiger partial charge is 0.0485 e. The number of anilines is 1. The van der Waals surface area contributed by atoms with E-state index in [0.717, 1.165) is 26.1 Å². The van der Waals surface area contributed by atoms with Crippen LogP contribution in [0.25, 0.3) is 10.8 Å². The van der Waals surface area contributed by atoms with Gasteiger partial charge in [0.15, 0.2) is 0 Å². The highest BCUT2D eigenvalue weighted by molar-refractivity contribution is 5.93. The van der Waals surface area contributed by atoms with Gasteiger partial charge in [-0.15, -0.1) is 0 Å². The van der Waals surface area contributed by atoms with Gasteiger partial charge in [0.25, 0.3) is 0 Å². The van der Waals surface area contributed by atoms with Crippen LogP contribution in [0.1, 0.15) is 19.3 Å². The molecule has 1 aliphatic heterocycles. The van der Waals surface area contributed by atoms with Gasteiger partial charge in [-0.2, -0.15) is 0 Å². The monoisotopic (exact) mass is 242 g/mol. The van der Waals surface area contributed by atoms with Gasteiger partial charge >= 0.3 is 0 Å². The molecule has 1 aromatic heterocycles. The van der Waals surface area contributed by atoms with E-state index >= 15 is 0 Å². The maximum absolute atomic E-state index is 5.50. The minimum absolute atomic E-state index is 0.512. The van der Waals surface area contributed by atoms with Crippen molar-refractivity contribution < 1.29 is 4.74 Å². The van der Waals surface area contributed by atoms with Crippen LogP contribution in [-0.4, -0.2) is 24.2 Å². The predicted molar refractivity (Wildman–Crippen MR) is 73.8 cm³/mol. The molecule has 94 valence electrons. The van der Waals surface area contributed by atoms with Gasteiger partial charge in [0.2, 0.25) is 0 Å². The summed E-state index contributed by atoms with van der Waals surface area (Å²) in [5.41, 5.74) is 1.19. The van der Waals surface area contributed by atoms with E-state index < -0.39 is 0 Å². The molecule has 3 nitrogen and oxygen atoms in total. The highest BCUT2D eigenvalue weighted by Crippen LogP contribution is 2.24. The Balaban J connectivity index is 1.85. The Kier molecular flexibility index (Phi) is 3.42. The highest BCUT2D eigenvalue weighted by Gasteiger charge is 2.13. The summed E-state index contributed by atoms with van der Waals surface area (Å²) in [6.07, 6.45) is 7.17. The maximum atomic E-state index is 5.50. The van der Waals surface area contributed by atoms with E-state index in [9.17, 15) is 0 Å². The van der Waals surface area contributed by atoms with E-state index in [0.29, 0.717) is 6.04 Å². The summed E-state index contributed by atoms with van der Waals surface area (Å²) < 4.78 is 5.50. The number of aromatic nitrogens is 1. The highest BCUT2D eigenvalue weighted by atomic mass is 16.5. The zero-order chi connectivity index (χ0) is 12.2. The van der Waals surface area contributed by atoms with E-state index in [1.54, 1.807) is 0 Å². The first-order valence-electron chi connectivity index (χ1n) is 6.60. The summed E-state index contributed by atoms with van der Waals surface area (Å²) in [4.78, 5) is 4.22. The number of rotatable bonds is 2. The van der Waals surface area contributed by atoms with Crippen LogP contribution in [0.3, 0.4) is 0 Å². The van der Waals surface area contributed by atoms with Gasteiger partial charge < -0.3 is 10.1 Å². The summed E-state index contributed by atoms with van der Waals surface area (Å²) in [5.74, 6) is 0. The lowest BCUT2D eigenvalue weighted by molar-refractivity contribution is 0.144. The molecule has 0 spiro atoms.